The third-order valence-corrected chi connectivity index (χ3v) is 5.70. The van der Waals surface area contributed by atoms with E-state index in [0.717, 1.165) is 24.0 Å². The second-order valence-electron chi connectivity index (χ2n) is 8.17. The van der Waals surface area contributed by atoms with Gasteiger partial charge < -0.3 is 14.1 Å². The second kappa shape index (κ2) is 9.02. The molecule has 1 unspecified atom stereocenters. The maximum absolute atomic E-state index is 13.3. The van der Waals surface area contributed by atoms with E-state index in [2.05, 4.69) is 6.92 Å². The highest BCUT2D eigenvalue weighted by Gasteiger charge is 2.54. The number of ether oxygens (including phenoxy) is 1. The lowest BCUT2D eigenvalue weighted by molar-refractivity contribution is -0.152. The zero-order valence-corrected chi connectivity index (χ0v) is 18.5. The molecule has 1 fully saturated rings. The molecule has 1 amide bonds. The number of benzene rings is 1. The third kappa shape index (κ3) is 5.20. The average molecular weight is 392 g/mol. The molecule has 2 rings (SSSR count). The fraction of sp³-hybridized carbons (Fsp3) is 0.619. The Kier molecular flexibility index (Phi) is 7.23. The number of carbonyl (C=O) groups excluding carboxylic acids is 2. The average Bonchev–Trinajstić information content (AvgIpc) is 2.85. The van der Waals surface area contributed by atoms with Gasteiger partial charge in [0.2, 0.25) is 0 Å². The lowest BCUT2D eigenvalue weighted by Gasteiger charge is -2.28. The van der Waals surface area contributed by atoms with Gasteiger partial charge in [-0.2, -0.15) is 0 Å². The minimum absolute atomic E-state index is 0.0884. The highest BCUT2D eigenvalue weighted by molar-refractivity contribution is 6.69. The molecule has 0 bridgehead atoms. The van der Waals surface area contributed by atoms with Gasteiger partial charge in [0, 0.05) is 6.54 Å². The molecule has 1 aromatic carbocycles. The van der Waals surface area contributed by atoms with E-state index >= 15 is 0 Å². The van der Waals surface area contributed by atoms with Crippen molar-refractivity contribution in [3.63, 3.8) is 0 Å². The van der Waals surface area contributed by atoms with Gasteiger partial charge in [-0.05, 0) is 45.5 Å². The van der Waals surface area contributed by atoms with E-state index in [9.17, 15) is 9.59 Å². The molecule has 5 nitrogen and oxygen atoms in total. The minimum atomic E-state index is -2.03. The Balaban J connectivity index is 2.50. The number of amides is 1. The summed E-state index contributed by atoms with van der Waals surface area (Å²) in [6.07, 6.45) is 1.11. The Bertz CT molecular complexity index is 653. The van der Waals surface area contributed by atoms with Crippen molar-refractivity contribution in [1.29, 1.82) is 0 Å². The van der Waals surface area contributed by atoms with E-state index in [1.165, 1.54) is 0 Å². The maximum Gasteiger partial charge on any atom is 0.314 e. The van der Waals surface area contributed by atoms with Crippen molar-refractivity contribution in [2.75, 3.05) is 13.2 Å². The van der Waals surface area contributed by atoms with Crippen LogP contribution < -0.4 is 0 Å². The van der Waals surface area contributed by atoms with E-state index in [4.69, 9.17) is 9.16 Å². The smallest absolute Gasteiger partial charge is 0.314 e. The largest absolute Gasteiger partial charge is 0.466 e. The van der Waals surface area contributed by atoms with Gasteiger partial charge in [0.25, 0.3) is 5.91 Å². The molecule has 27 heavy (non-hydrogen) atoms. The summed E-state index contributed by atoms with van der Waals surface area (Å²) in [5.41, 5.74) is 2.11. The zero-order chi connectivity index (χ0) is 20.2. The SMILES string of the molecule is CCCCN1C(=O)C(O[Si](C)(C)C)[C@H](C(=O)OCC)[C@H]1c1ccc(C)cc1. The van der Waals surface area contributed by atoms with Crippen LogP contribution in [0.5, 0.6) is 0 Å². The van der Waals surface area contributed by atoms with Crippen molar-refractivity contribution in [2.24, 2.45) is 5.92 Å². The maximum atomic E-state index is 13.3. The van der Waals surface area contributed by atoms with Gasteiger partial charge in [0.15, 0.2) is 8.32 Å². The van der Waals surface area contributed by atoms with E-state index in [0.29, 0.717) is 13.2 Å². The summed E-state index contributed by atoms with van der Waals surface area (Å²) in [7, 11) is -2.03. The molecule has 3 atom stereocenters. The Labute approximate surface area is 164 Å². The van der Waals surface area contributed by atoms with Gasteiger partial charge in [-0.15, -0.1) is 0 Å². The van der Waals surface area contributed by atoms with Gasteiger partial charge in [-0.25, -0.2) is 0 Å². The Hall–Kier alpha value is -1.66. The van der Waals surface area contributed by atoms with Crippen molar-refractivity contribution in [1.82, 2.24) is 4.90 Å². The van der Waals surface area contributed by atoms with E-state index in [1.807, 2.05) is 55.7 Å². The Morgan fingerprint density at radius 1 is 1.15 bits per heavy atom. The molecule has 0 radical (unpaired) electrons. The number of unbranched alkanes of at least 4 members (excludes halogenated alkanes) is 1. The first-order chi connectivity index (χ1) is 12.7. The molecule has 0 saturated carbocycles. The molecule has 6 heteroatoms. The number of nitrogens with zero attached hydrogens (tertiary/aromatic N) is 1. The first kappa shape index (κ1) is 21.6. The number of carbonyl (C=O) groups is 2. The summed E-state index contributed by atoms with van der Waals surface area (Å²) in [5.74, 6) is -1.07. The number of rotatable bonds is 8. The van der Waals surface area contributed by atoms with Crippen molar-refractivity contribution in [2.45, 2.75) is 65.4 Å². The summed E-state index contributed by atoms with van der Waals surface area (Å²) in [4.78, 5) is 28.0. The fourth-order valence-electron chi connectivity index (χ4n) is 3.54. The van der Waals surface area contributed by atoms with Gasteiger partial charge in [-0.3, -0.25) is 9.59 Å². The van der Waals surface area contributed by atoms with Gasteiger partial charge in [0.05, 0.1) is 12.6 Å². The Morgan fingerprint density at radius 2 is 1.78 bits per heavy atom. The molecule has 1 aromatic rings. The van der Waals surface area contributed by atoms with Crippen molar-refractivity contribution in [3.05, 3.63) is 35.4 Å². The second-order valence-corrected chi connectivity index (χ2v) is 12.6. The van der Waals surface area contributed by atoms with Gasteiger partial charge >= 0.3 is 5.97 Å². The van der Waals surface area contributed by atoms with Crippen LogP contribution in [0, 0.1) is 12.8 Å². The first-order valence-electron chi connectivity index (χ1n) is 9.91. The lowest BCUT2D eigenvalue weighted by Crippen LogP contribution is -2.42. The van der Waals surface area contributed by atoms with E-state index in [1.54, 1.807) is 6.92 Å². The minimum Gasteiger partial charge on any atom is -0.466 e. The molecule has 0 aliphatic carbocycles. The molecular weight excluding hydrogens is 358 g/mol. The van der Waals surface area contributed by atoms with Crippen molar-refractivity contribution < 1.29 is 18.8 Å². The zero-order valence-electron chi connectivity index (χ0n) is 17.5. The predicted molar refractivity (Wildman–Crippen MR) is 109 cm³/mol. The molecule has 0 N–H and O–H groups in total. The molecule has 1 aliphatic heterocycles. The fourth-order valence-corrected chi connectivity index (χ4v) is 4.55. The van der Waals surface area contributed by atoms with Crippen LogP contribution in [0.15, 0.2) is 24.3 Å². The van der Waals surface area contributed by atoms with Gasteiger partial charge in [-0.1, -0.05) is 43.2 Å². The number of likely N-dealkylation sites (tertiary alicyclic amines) is 1. The van der Waals surface area contributed by atoms with Crippen LogP contribution >= 0.6 is 0 Å². The molecular formula is C21H33NO4Si. The van der Waals surface area contributed by atoms with E-state index < -0.39 is 20.3 Å². The van der Waals surface area contributed by atoms with E-state index in [-0.39, 0.29) is 17.9 Å². The normalized spacial score (nSPS) is 23.0. The summed E-state index contributed by atoms with van der Waals surface area (Å²) in [5, 5.41) is 0. The lowest BCUT2D eigenvalue weighted by atomic mass is 9.91. The third-order valence-electron chi connectivity index (χ3n) is 4.74. The highest BCUT2D eigenvalue weighted by Crippen LogP contribution is 2.41. The van der Waals surface area contributed by atoms with Crippen molar-refractivity contribution in [3.8, 4) is 0 Å². The van der Waals surface area contributed by atoms with Gasteiger partial charge in [0.1, 0.15) is 12.0 Å². The standard InChI is InChI=1S/C21H33NO4Si/c1-7-9-14-22-18(16-12-10-15(3)11-13-16)17(21(24)25-8-2)19(20(22)23)26-27(4,5)6/h10-13,17-19H,7-9,14H2,1-6H3/t17-,18-,19?/m1/s1. The predicted octanol–water partition coefficient (Wildman–Crippen LogP) is 4.08. The van der Waals surface area contributed by atoms with Crippen LogP contribution in [0.25, 0.3) is 0 Å². The van der Waals surface area contributed by atoms with Crippen LogP contribution in [-0.4, -0.2) is 44.3 Å². The number of hydrogen-bond donors (Lipinski definition) is 0. The quantitative estimate of drug-likeness (QED) is 0.495. The summed E-state index contributed by atoms with van der Waals surface area (Å²) >= 11 is 0. The van der Waals surface area contributed by atoms with Crippen LogP contribution in [0.2, 0.25) is 19.6 Å². The summed E-state index contributed by atoms with van der Waals surface area (Å²) < 4.78 is 11.6. The summed E-state index contributed by atoms with van der Waals surface area (Å²) in [6.45, 7) is 12.9. The molecule has 1 heterocycles. The molecule has 0 spiro atoms. The molecule has 150 valence electrons. The number of aryl methyl sites for hydroxylation is 1. The van der Waals surface area contributed by atoms with Crippen LogP contribution in [0.4, 0.5) is 0 Å². The number of esters is 1. The number of hydrogen-bond acceptors (Lipinski definition) is 4. The Morgan fingerprint density at radius 3 is 2.30 bits per heavy atom. The first-order valence-corrected chi connectivity index (χ1v) is 13.3. The topological polar surface area (TPSA) is 55.8 Å². The van der Waals surface area contributed by atoms with Crippen LogP contribution in [-0.2, 0) is 18.8 Å². The van der Waals surface area contributed by atoms with Crippen LogP contribution in [0.3, 0.4) is 0 Å². The van der Waals surface area contributed by atoms with Crippen molar-refractivity contribution >= 4 is 20.2 Å². The molecule has 1 aliphatic rings. The highest BCUT2D eigenvalue weighted by atomic mass is 28.4. The molecule has 1 saturated heterocycles. The monoisotopic (exact) mass is 391 g/mol. The van der Waals surface area contributed by atoms with Crippen LogP contribution in [0.1, 0.15) is 43.9 Å². The molecule has 0 aromatic heterocycles. The summed E-state index contributed by atoms with van der Waals surface area (Å²) in [6, 6.07) is 7.72.